The van der Waals surface area contributed by atoms with Gasteiger partial charge in [-0.2, -0.15) is 0 Å². The highest BCUT2D eigenvalue weighted by atomic mass is 127. The molecule has 166 valence electrons. The Bertz CT molecular complexity index is 931. The molecule has 1 aromatic heterocycles. The van der Waals surface area contributed by atoms with E-state index in [-0.39, 0.29) is 24.0 Å². The van der Waals surface area contributed by atoms with Crippen LogP contribution in [0.3, 0.4) is 0 Å². The molecule has 0 bridgehead atoms. The van der Waals surface area contributed by atoms with Gasteiger partial charge in [0.1, 0.15) is 0 Å². The topological polar surface area (TPSA) is 52.6 Å². The summed E-state index contributed by atoms with van der Waals surface area (Å²) in [5.74, 6) is 0.848. The molecule has 2 heterocycles. The molecule has 1 saturated heterocycles. The number of nitrogens with zero attached hydrogens (tertiary/aromatic N) is 3. The minimum absolute atomic E-state index is 0. The van der Waals surface area contributed by atoms with Crippen LogP contribution in [0.5, 0.6) is 0 Å². The molecule has 0 radical (unpaired) electrons. The number of likely N-dealkylation sites (tertiary alicyclic amines) is 1. The number of thiazole rings is 1. The molecule has 3 aromatic rings. The fourth-order valence-corrected chi connectivity index (χ4v) is 4.85. The number of aryl methyl sites for hydroxylation is 1. The zero-order valence-corrected chi connectivity index (χ0v) is 21.3. The van der Waals surface area contributed by atoms with Crippen LogP contribution in [0.2, 0.25) is 0 Å². The van der Waals surface area contributed by atoms with E-state index in [0.717, 1.165) is 44.0 Å². The van der Waals surface area contributed by atoms with Gasteiger partial charge in [-0.05, 0) is 55.6 Å². The summed E-state index contributed by atoms with van der Waals surface area (Å²) in [4.78, 5) is 11.6. The van der Waals surface area contributed by atoms with E-state index in [0.29, 0.717) is 0 Å². The van der Waals surface area contributed by atoms with Gasteiger partial charge < -0.3 is 10.6 Å². The van der Waals surface area contributed by atoms with E-state index < -0.39 is 0 Å². The Morgan fingerprint density at radius 3 is 2.52 bits per heavy atom. The molecule has 1 aliphatic rings. The third kappa shape index (κ3) is 7.15. The molecule has 4 rings (SSSR count). The van der Waals surface area contributed by atoms with Crippen LogP contribution in [0.25, 0.3) is 10.2 Å². The fourth-order valence-electron chi connectivity index (χ4n) is 3.84. The van der Waals surface area contributed by atoms with Crippen molar-refractivity contribution in [1.29, 1.82) is 0 Å². The number of guanidine groups is 1. The molecule has 5 nitrogen and oxygen atoms in total. The summed E-state index contributed by atoms with van der Waals surface area (Å²) < 4.78 is 1.27. The van der Waals surface area contributed by atoms with Crippen LogP contribution in [-0.2, 0) is 19.5 Å². The zero-order chi connectivity index (χ0) is 20.6. The first-order valence-corrected chi connectivity index (χ1v) is 11.7. The molecule has 0 spiro atoms. The highest BCUT2D eigenvalue weighted by Gasteiger charge is 2.11. The van der Waals surface area contributed by atoms with Gasteiger partial charge in [0, 0.05) is 33.1 Å². The molecule has 2 N–H and O–H groups in total. The molecule has 31 heavy (non-hydrogen) atoms. The summed E-state index contributed by atoms with van der Waals surface area (Å²) in [6.07, 6.45) is 4.71. The van der Waals surface area contributed by atoms with E-state index in [1.54, 1.807) is 11.3 Å². The maximum Gasteiger partial charge on any atom is 0.191 e. The van der Waals surface area contributed by atoms with Gasteiger partial charge in [0.05, 0.1) is 15.2 Å². The van der Waals surface area contributed by atoms with Crippen molar-refractivity contribution in [1.82, 2.24) is 20.5 Å². The molecule has 0 unspecified atom stereocenters. The van der Waals surface area contributed by atoms with Crippen LogP contribution in [0.4, 0.5) is 0 Å². The summed E-state index contributed by atoms with van der Waals surface area (Å²) in [5, 5.41) is 8.03. The predicted octanol–water partition coefficient (Wildman–Crippen LogP) is 4.81. The smallest absolute Gasteiger partial charge is 0.191 e. The van der Waals surface area contributed by atoms with Crippen LogP contribution in [-0.4, -0.2) is 42.5 Å². The monoisotopic (exact) mass is 549 g/mol. The second-order valence-electron chi connectivity index (χ2n) is 7.83. The quantitative estimate of drug-likeness (QED) is 0.183. The highest BCUT2D eigenvalue weighted by molar-refractivity contribution is 14.0. The van der Waals surface area contributed by atoms with Crippen molar-refractivity contribution in [3.8, 4) is 0 Å². The Balaban J connectivity index is 0.00000272. The second-order valence-corrected chi connectivity index (χ2v) is 8.95. The molecule has 7 heteroatoms. The van der Waals surface area contributed by atoms with Crippen molar-refractivity contribution in [2.75, 3.05) is 26.7 Å². The van der Waals surface area contributed by atoms with Gasteiger partial charge in [-0.15, -0.1) is 35.3 Å². The Morgan fingerprint density at radius 1 is 1.03 bits per heavy atom. The first-order chi connectivity index (χ1) is 14.8. The zero-order valence-electron chi connectivity index (χ0n) is 18.1. The third-order valence-corrected chi connectivity index (χ3v) is 6.61. The normalized spacial score (nSPS) is 14.5. The number of nitrogens with one attached hydrogen (secondary N) is 2. The third-order valence-electron chi connectivity index (χ3n) is 5.51. The van der Waals surface area contributed by atoms with E-state index in [1.807, 2.05) is 13.1 Å². The van der Waals surface area contributed by atoms with Gasteiger partial charge in [0.2, 0.25) is 0 Å². The van der Waals surface area contributed by atoms with Crippen molar-refractivity contribution in [2.24, 2.45) is 4.99 Å². The lowest BCUT2D eigenvalue weighted by Crippen LogP contribution is -2.37. The molecule has 0 atom stereocenters. The lowest BCUT2D eigenvalue weighted by molar-refractivity contribution is 0.331. The van der Waals surface area contributed by atoms with Crippen molar-refractivity contribution in [3.05, 3.63) is 64.7 Å². The largest absolute Gasteiger partial charge is 0.356 e. The minimum Gasteiger partial charge on any atom is -0.356 e. The van der Waals surface area contributed by atoms with Crippen molar-refractivity contribution < 1.29 is 0 Å². The van der Waals surface area contributed by atoms with Crippen LogP contribution in [0.15, 0.2) is 53.5 Å². The summed E-state index contributed by atoms with van der Waals surface area (Å²) >= 11 is 1.79. The standard InChI is InChI=1S/C24H31N5S.HI/c1-25-24(26-14-6-9-23-28-21-7-2-3-8-22(21)30-23)27-17-19-10-12-20(13-11-19)18-29-15-4-5-16-29;/h2-3,7-8,10-13H,4-6,9,14-18H2,1H3,(H2,25,26,27);1H. The predicted molar refractivity (Wildman–Crippen MR) is 143 cm³/mol. The number of aromatic nitrogens is 1. The number of hydrogen-bond acceptors (Lipinski definition) is 4. The summed E-state index contributed by atoms with van der Waals surface area (Å²) in [6, 6.07) is 17.3. The molecular formula is C24H32IN5S. The maximum atomic E-state index is 4.71. The van der Waals surface area contributed by atoms with Crippen LogP contribution in [0, 0.1) is 0 Å². The molecule has 1 fully saturated rings. The van der Waals surface area contributed by atoms with Crippen LogP contribution >= 0.6 is 35.3 Å². The minimum atomic E-state index is 0. The van der Waals surface area contributed by atoms with Crippen molar-refractivity contribution in [3.63, 3.8) is 0 Å². The Kier molecular flexibility index (Phi) is 9.54. The number of aliphatic imine (C=N–C) groups is 1. The van der Waals surface area contributed by atoms with Gasteiger partial charge in [-0.3, -0.25) is 9.89 Å². The summed E-state index contributed by atoms with van der Waals surface area (Å²) in [7, 11) is 1.82. The summed E-state index contributed by atoms with van der Waals surface area (Å²) in [5.41, 5.74) is 3.78. The van der Waals surface area contributed by atoms with Crippen molar-refractivity contribution in [2.45, 2.75) is 38.8 Å². The fraction of sp³-hybridized carbons (Fsp3) is 0.417. The number of hydrogen-bond donors (Lipinski definition) is 2. The number of fused-ring (bicyclic) bond motifs is 1. The number of benzene rings is 2. The van der Waals surface area contributed by atoms with Crippen LogP contribution < -0.4 is 10.6 Å². The van der Waals surface area contributed by atoms with E-state index in [2.05, 4.69) is 63.0 Å². The first kappa shape index (κ1) is 23.9. The van der Waals surface area contributed by atoms with Gasteiger partial charge >= 0.3 is 0 Å². The number of para-hydroxylation sites is 1. The molecule has 1 aliphatic heterocycles. The van der Waals surface area contributed by atoms with E-state index in [1.165, 1.54) is 46.8 Å². The Labute approximate surface area is 206 Å². The van der Waals surface area contributed by atoms with E-state index in [9.17, 15) is 0 Å². The van der Waals surface area contributed by atoms with Gasteiger partial charge in [-0.1, -0.05) is 36.4 Å². The Morgan fingerprint density at radius 2 is 1.77 bits per heavy atom. The number of rotatable bonds is 8. The molecular weight excluding hydrogens is 517 g/mol. The first-order valence-electron chi connectivity index (χ1n) is 10.9. The lowest BCUT2D eigenvalue weighted by atomic mass is 10.1. The van der Waals surface area contributed by atoms with E-state index >= 15 is 0 Å². The van der Waals surface area contributed by atoms with Crippen molar-refractivity contribution >= 4 is 51.5 Å². The molecule has 2 aromatic carbocycles. The molecule has 0 saturated carbocycles. The van der Waals surface area contributed by atoms with Crippen LogP contribution in [0.1, 0.15) is 35.4 Å². The SMILES string of the molecule is CN=C(NCCCc1nc2ccccc2s1)NCc1ccc(CN2CCCC2)cc1.I. The van der Waals surface area contributed by atoms with Gasteiger partial charge in [-0.25, -0.2) is 4.98 Å². The second kappa shape index (κ2) is 12.4. The summed E-state index contributed by atoms with van der Waals surface area (Å²) in [6.45, 7) is 5.21. The maximum absolute atomic E-state index is 4.71. The van der Waals surface area contributed by atoms with E-state index in [4.69, 9.17) is 4.98 Å². The highest BCUT2D eigenvalue weighted by Crippen LogP contribution is 2.22. The van der Waals surface area contributed by atoms with Gasteiger partial charge in [0.25, 0.3) is 0 Å². The average Bonchev–Trinajstić information content (AvgIpc) is 3.43. The van der Waals surface area contributed by atoms with Gasteiger partial charge in [0.15, 0.2) is 5.96 Å². The molecule has 0 amide bonds. The number of halogens is 1. The average molecular weight is 550 g/mol. The molecule has 0 aliphatic carbocycles. The Hall–Kier alpha value is -1.71. The lowest BCUT2D eigenvalue weighted by Gasteiger charge is -2.15.